The van der Waals surface area contributed by atoms with Crippen molar-refractivity contribution < 1.29 is 19.5 Å². The summed E-state index contributed by atoms with van der Waals surface area (Å²) >= 11 is 0. The fourth-order valence-corrected chi connectivity index (χ4v) is 4.76. The number of rotatable bonds is 6. The molecule has 1 aliphatic carbocycles. The number of hydrogen-bond donors (Lipinski definition) is 3. The zero-order valence-corrected chi connectivity index (χ0v) is 18.7. The van der Waals surface area contributed by atoms with Crippen molar-refractivity contribution in [1.29, 1.82) is 0 Å². The van der Waals surface area contributed by atoms with Crippen LogP contribution in [0.3, 0.4) is 0 Å². The fourth-order valence-electron chi connectivity index (χ4n) is 4.76. The molecule has 0 unspecified atom stereocenters. The molecule has 1 aliphatic heterocycles. The largest absolute Gasteiger partial charge is 0.394 e. The van der Waals surface area contributed by atoms with E-state index in [1.165, 1.54) is 0 Å². The number of allylic oxidation sites excluding steroid dienone is 1. The van der Waals surface area contributed by atoms with Crippen LogP contribution in [0.2, 0.25) is 0 Å². The minimum atomic E-state index is -0.737. The van der Waals surface area contributed by atoms with Gasteiger partial charge in [-0.15, -0.1) is 0 Å². The van der Waals surface area contributed by atoms with Crippen molar-refractivity contribution in [3.05, 3.63) is 12.2 Å². The van der Waals surface area contributed by atoms with E-state index >= 15 is 0 Å². The molecule has 0 spiro atoms. The third kappa shape index (κ3) is 4.82. The average Bonchev–Trinajstić information content (AvgIpc) is 2.90. The first-order valence-electron chi connectivity index (χ1n) is 10.6. The summed E-state index contributed by atoms with van der Waals surface area (Å²) < 4.78 is 0. The van der Waals surface area contributed by atoms with E-state index in [-0.39, 0.29) is 36.2 Å². The van der Waals surface area contributed by atoms with Gasteiger partial charge in [0, 0.05) is 18.5 Å². The Balaban J connectivity index is 2.53. The average molecular weight is 408 g/mol. The highest BCUT2D eigenvalue weighted by Crippen LogP contribution is 2.45. The summed E-state index contributed by atoms with van der Waals surface area (Å²) in [5, 5.41) is 15.7. The summed E-state index contributed by atoms with van der Waals surface area (Å²) in [5.74, 6) is -2.04. The second kappa shape index (κ2) is 8.86. The van der Waals surface area contributed by atoms with Crippen LogP contribution in [-0.4, -0.2) is 59.0 Å². The van der Waals surface area contributed by atoms with Gasteiger partial charge in [0.05, 0.1) is 24.5 Å². The quantitative estimate of drug-likeness (QED) is 0.578. The number of carbonyl (C=O) groups is 3. The Morgan fingerprint density at radius 2 is 1.83 bits per heavy atom. The highest BCUT2D eigenvalue weighted by atomic mass is 16.3. The second-order valence-electron chi connectivity index (χ2n) is 9.88. The van der Waals surface area contributed by atoms with E-state index in [0.717, 1.165) is 0 Å². The SMILES string of the molecule is CNC(=O)[C@H]1[C@@H]2C(=O)N([C@@H](CO)CC(C)C)[C@H](C(=O)NC(C)(C)C)[C@H]2C=C[C@H]1C. The lowest BCUT2D eigenvalue weighted by atomic mass is 9.70. The van der Waals surface area contributed by atoms with E-state index < -0.39 is 35.4 Å². The molecule has 0 aromatic rings. The molecule has 29 heavy (non-hydrogen) atoms. The molecule has 0 saturated carbocycles. The standard InChI is InChI=1S/C22H37N3O4/c1-12(2)10-14(11-26)25-18(20(28)24-22(4,5)6)15-9-8-13(3)16(19(27)23-7)17(15)21(25)29/h8-9,12-18,26H,10-11H2,1-7H3,(H,23,27)(H,24,28)/t13-,14-,15+,16-,17-,18+/m1/s1. The number of nitrogens with one attached hydrogen (secondary N) is 2. The number of likely N-dealkylation sites (tertiary alicyclic amines) is 1. The number of aliphatic hydroxyl groups is 1. The second-order valence-corrected chi connectivity index (χ2v) is 9.88. The van der Waals surface area contributed by atoms with Gasteiger partial charge in [-0.25, -0.2) is 0 Å². The van der Waals surface area contributed by atoms with Crippen molar-refractivity contribution in [2.45, 2.75) is 65.6 Å². The van der Waals surface area contributed by atoms with Crippen LogP contribution >= 0.6 is 0 Å². The third-order valence-corrected chi connectivity index (χ3v) is 5.87. The van der Waals surface area contributed by atoms with Crippen molar-refractivity contribution in [2.75, 3.05) is 13.7 Å². The molecule has 7 heteroatoms. The normalized spacial score (nSPS) is 30.3. The Bertz CT molecular complexity index is 667. The summed E-state index contributed by atoms with van der Waals surface area (Å²) in [5.41, 5.74) is -0.456. The summed E-state index contributed by atoms with van der Waals surface area (Å²) in [7, 11) is 1.57. The number of hydrogen-bond acceptors (Lipinski definition) is 4. The monoisotopic (exact) mass is 407 g/mol. The van der Waals surface area contributed by atoms with E-state index in [1.54, 1.807) is 11.9 Å². The maximum absolute atomic E-state index is 13.6. The molecule has 164 valence electrons. The third-order valence-electron chi connectivity index (χ3n) is 5.87. The predicted octanol–water partition coefficient (Wildman–Crippen LogP) is 1.32. The molecule has 6 atom stereocenters. The molecule has 3 amide bonds. The molecule has 1 fully saturated rings. The van der Waals surface area contributed by atoms with E-state index in [2.05, 4.69) is 10.6 Å². The zero-order chi connectivity index (χ0) is 22.1. The molecule has 1 heterocycles. The molecular weight excluding hydrogens is 370 g/mol. The van der Waals surface area contributed by atoms with Crippen LogP contribution in [0.25, 0.3) is 0 Å². The lowest BCUT2D eigenvalue weighted by Crippen LogP contribution is -2.55. The first kappa shape index (κ1) is 23.4. The van der Waals surface area contributed by atoms with Crippen LogP contribution in [0, 0.1) is 29.6 Å². The van der Waals surface area contributed by atoms with Gasteiger partial charge in [-0.1, -0.05) is 32.9 Å². The Kier molecular flexibility index (Phi) is 7.14. The first-order valence-corrected chi connectivity index (χ1v) is 10.6. The van der Waals surface area contributed by atoms with Gasteiger partial charge in [0.2, 0.25) is 17.7 Å². The van der Waals surface area contributed by atoms with Gasteiger partial charge in [-0.2, -0.15) is 0 Å². The minimum absolute atomic E-state index is 0.107. The molecule has 0 bridgehead atoms. The topological polar surface area (TPSA) is 98.7 Å². The van der Waals surface area contributed by atoms with Crippen LogP contribution in [0.1, 0.15) is 48.0 Å². The molecule has 3 N–H and O–H groups in total. The van der Waals surface area contributed by atoms with Gasteiger partial charge in [0.1, 0.15) is 6.04 Å². The number of amides is 3. The molecule has 2 aliphatic rings. The molecule has 0 aromatic heterocycles. The van der Waals surface area contributed by atoms with Crippen LogP contribution in [-0.2, 0) is 14.4 Å². The van der Waals surface area contributed by atoms with Crippen LogP contribution in [0.15, 0.2) is 12.2 Å². The number of carbonyl (C=O) groups excluding carboxylic acids is 3. The summed E-state index contributed by atoms with van der Waals surface area (Å²) in [6.07, 6.45) is 4.44. The molecule has 2 rings (SSSR count). The van der Waals surface area contributed by atoms with E-state index in [9.17, 15) is 19.5 Å². The van der Waals surface area contributed by atoms with Crippen LogP contribution in [0.4, 0.5) is 0 Å². The lowest BCUT2D eigenvalue weighted by molar-refractivity contribution is -0.143. The van der Waals surface area contributed by atoms with Crippen LogP contribution in [0.5, 0.6) is 0 Å². The highest BCUT2D eigenvalue weighted by molar-refractivity contribution is 5.97. The molecule has 0 aromatic carbocycles. The minimum Gasteiger partial charge on any atom is -0.394 e. The number of aliphatic hydroxyl groups excluding tert-OH is 1. The van der Waals surface area contributed by atoms with Crippen molar-refractivity contribution in [1.82, 2.24) is 15.5 Å². The van der Waals surface area contributed by atoms with Gasteiger partial charge >= 0.3 is 0 Å². The molecular formula is C22H37N3O4. The first-order chi connectivity index (χ1) is 13.4. The molecule has 7 nitrogen and oxygen atoms in total. The van der Waals surface area contributed by atoms with Gasteiger partial charge in [0.15, 0.2) is 0 Å². The number of nitrogens with zero attached hydrogens (tertiary/aromatic N) is 1. The predicted molar refractivity (Wildman–Crippen MR) is 112 cm³/mol. The van der Waals surface area contributed by atoms with Gasteiger partial charge in [-0.05, 0) is 39.0 Å². The summed E-state index contributed by atoms with van der Waals surface area (Å²) in [6, 6.07) is -1.20. The summed E-state index contributed by atoms with van der Waals surface area (Å²) in [4.78, 5) is 41.1. The van der Waals surface area contributed by atoms with Gasteiger partial charge in [0.25, 0.3) is 0 Å². The summed E-state index contributed by atoms with van der Waals surface area (Å²) in [6.45, 7) is 11.4. The van der Waals surface area contributed by atoms with E-state index in [1.807, 2.05) is 53.7 Å². The van der Waals surface area contributed by atoms with Crippen LogP contribution < -0.4 is 10.6 Å². The Hall–Kier alpha value is -1.89. The Labute approximate surface area is 174 Å². The molecule has 0 radical (unpaired) electrons. The maximum Gasteiger partial charge on any atom is 0.243 e. The lowest BCUT2D eigenvalue weighted by Gasteiger charge is -2.35. The van der Waals surface area contributed by atoms with Crippen molar-refractivity contribution in [3.8, 4) is 0 Å². The Morgan fingerprint density at radius 3 is 2.31 bits per heavy atom. The van der Waals surface area contributed by atoms with E-state index in [4.69, 9.17) is 0 Å². The van der Waals surface area contributed by atoms with Crippen molar-refractivity contribution >= 4 is 17.7 Å². The van der Waals surface area contributed by atoms with Gasteiger partial charge in [-0.3, -0.25) is 14.4 Å². The molecule has 1 saturated heterocycles. The number of fused-ring (bicyclic) bond motifs is 1. The fraction of sp³-hybridized carbons (Fsp3) is 0.773. The highest BCUT2D eigenvalue weighted by Gasteiger charge is 2.58. The Morgan fingerprint density at radius 1 is 1.21 bits per heavy atom. The van der Waals surface area contributed by atoms with E-state index in [0.29, 0.717) is 6.42 Å². The smallest absolute Gasteiger partial charge is 0.243 e. The van der Waals surface area contributed by atoms with Gasteiger partial charge < -0.3 is 20.6 Å². The zero-order valence-electron chi connectivity index (χ0n) is 18.7. The van der Waals surface area contributed by atoms with Crippen molar-refractivity contribution in [2.24, 2.45) is 29.6 Å². The van der Waals surface area contributed by atoms with Crippen molar-refractivity contribution in [3.63, 3.8) is 0 Å². The maximum atomic E-state index is 13.6.